The molecule has 0 aliphatic rings. The molecule has 0 saturated heterocycles. The minimum absolute atomic E-state index is 0.0249. The summed E-state index contributed by atoms with van der Waals surface area (Å²) in [6.45, 7) is 4.00. The van der Waals surface area contributed by atoms with Crippen LogP contribution in [0.3, 0.4) is 0 Å². The van der Waals surface area contributed by atoms with Crippen molar-refractivity contribution < 1.29 is 0 Å². The first kappa shape index (κ1) is 9.52. The highest BCUT2D eigenvalue weighted by Crippen LogP contribution is 2.05. The van der Waals surface area contributed by atoms with Crippen molar-refractivity contribution in [1.29, 1.82) is 0 Å². The number of hydrogen-bond acceptors (Lipinski definition) is 1. The zero-order chi connectivity index (χ0) is 9.68. The van der Waals surface area contributed by atoms with Crippen molar-refractivity contribution in [1.82, 2.24) is 4.98 Å². The number of H-pyrrole nitrogens is 1. The third kappa shape index (κ3) is 1.96. The highest BCUT2D eigenvalue weighted by molar-refractivity contribution is 5.80. The van der Waals surface area contributed by atoms with E-state index >= 15 is 0 Å². The first-order valence-corrected chi connectivity index (χ1v) is 4.44. The Morgan fingerprint density at radius 2 is 1.77 bits per heavy atom. The molecule has 68 valence electrons. The fraction of sp³-hybridized carbons (Fsp3) is 0.182. The van der Waals surface area contributed by atoms with Crippen molar-refractivity contribution >= 4 is 10.8 Å². The van der Waals surface area contributed by atoms with Crippen LogP contribution >= 0.6 is 0 Å². The molecule has 0 amide bonds. The van der Waals surface area contributed by atoms with Crippen LogP contribution in [0.25, 0.3) is 10.8 Å². The lowest BCUT2D eigenvalue weighted by Crippen LogP contribution is -2.03. The molecular formula is C11H13NO. The van der Waals surface area contributed by atoms with Crippen LogP contribution in [0.5, 0.6) is 0 Å². The van der Waals surface area contributed by atoms with Crippen LogP contribution in [0.1, 0.15) is 13.8 Å². The van der Waals surface area contributed by atoms with Gasteiger partial charge in [-0.2, -0.15) is 0 Å². The maximum absolute atomic E-state index is 11.1. The highest BCUT2D eigenvalue weighted by atomic mass is 16.1. The number of aromatic nitrogens is 1. The second-order valence-corrected chi connectivity index (χ2v) is 2.39. The SMILES string of the molecule is CC.O=c1[nH]ccc2ccccc12. The van der Waals surface area contributed by atoms with Crippen molar-refractivity contribution in [2.45, 2.75) is 13.8 Å². The molecule has 0 bridgehead atoms. The molecule has 1 aromatic carbocycles. The Bertz CT molecular complexity index is 426. The van der Waals surface area contributed by atoms with E-state index in [1.54, 1.807) is 6.20 Å². The van der Waals surface area contributed by atoms with E-state index in [-0.39, 0.29) is 5.56 Å². The lowest BCUT2D eigenvalue weighted by atomic mass is 10.2. The lowest BCUT2D eigenvalue weighted by molar-refractivity contribution is 1.28. The molecule has 2 aromatic rings. The summed E-state index contributed by atoms with van der Waals surface area (Å²) in [6.07, 6.45) is 1.66. The summed E-state index contributed by atoms with van der Waals surface area (Å²) in [4.78, 5) is 13.7. The van der Waals surface area contributed by atoms with E-state index in [1.165, 1.54) is 0 Å². The summed E-state index contributed by atoms with van der Waals surface area (Å²) in [5.74, 6) is 0. The topological polar surface area (TPSA) is 32.9 Å². The Morgan fingerprint density at radius 1 is 1.08 bits per heavy atom. The predicted octanol–water partition coefficient (Wildman–Crippen LogP) is 2.55. The highest BCUT2D eigenvalue weighted by Gasteiger charge is 1.92. The second-order valence-electron chi connectivity index (χ2n) is 2.39. The van der Waals surface area contributed by atoms with E-state index in [4.69, 9.17) is 0 Å². The number of nitrogens with one attached hydrogen (secondary N) is 1. The zero-order valence-electron chi connectivity index (χ0n) is 7.87. The van der Waals surface area contributed by atoms with Crippen molar-refractivity contribution in [3.05, 3.63) is 46.9 Å². The Hall–Kier alpha value is -1.57. The van der Waals surface area contributed by atoms with E-state index in [2.05, 4.69) is 4.98 Å². The van der Waals surface area contributed by atoms with Crippen LogP contribution < -0.4 is 5.56 Å². The Labute approximate surface area is 77.2 Å². The lowest BCUT2D eigenvalue weighted by Gasteiger charge is -1.92. The van der Waals surface area contributed by atoms with Crippen molar-refractivity contribution in [3.63, 3.8) is 0 Å². The third-order valence-corrected chi connectivity index (χ3v) is 1.68. The quantitative estimate of drug-likeness (QED) is 0.655. The van der Waals surface area contributed by atoms with Gasteiger partial charge >= 0.3 is 0 Å². The molecule has 0 radical (unpaired) electrons. The van der Waals surface area contributed by atoms with Gasteiger partial charge in [0.1, 0.15) is 0 Å². The van der Waals surface area contributed by atoms with E-state index in [0.29, 0.717) is 0 Å². The van der Waals surface area contributed by atoms with Crippen molar-refractivity contribution in [3.8, 4) is 0 Å². The average Bonchev–Trinajstić information content (AvgIpc) is 2.22. The summed E-state index contributed by atoms with van der Waals surface area (Å²) in [5, 5.41) is 1.73. The molecule has 2 rings (SSSR count). The molecule has 0 aliphatic carbocycles. The zero-order valence-corrected chi connectivity index (χ0v) is 7.87. The normalized spacial score (nSPS) is 9.08. The van der Waals surface area contributed by atoms with Gasteiger partial charge in [0, 0.05) is 11.6 Å². The number of aromatic amines is 1. The van der Waals surface area contributed by atoms with Gasteiger partial charge < -0.3 is 4.98 Å². The Morgan fingerprint density at radius 3 is 2.46 bits per heavy atom. The molecule has 1 N–H and O–H groups in total. The van der Waals surface area contributed by atoms with Gasteiger partial charge in [-0.1, -0.05) is 32.0 Å². The molecule has 0 unspecified atom stereocenters. The fourth-order valence-corrected chi connectivity index (χ4v) is 1.13. The van der Waals surface area contributed by atoms with Crippen LogP contribution in [0.4, 0.5) is 0 Å². The molecule has 0 aliphatic heterocycles. The van der Waals surface area contributed by atoms with Crippen molar-refractivity contribution in [2.75, 3.05) is 0 Å². The summed E-state index contributed by atoms with van der Waals surface area (Å²) < 4.78 is 0. The maximum atomic E-state index is 11.1. The number of fused-ring (bicyclic) bond motifs is 1. The van der Waals surface area contributed by atoms with Crippen LogP contribution in [0.15, 0.2) is 41.3 Å². The molecule has 2 heteroatoms. The van der Waals surface area contributed by atoms with E-state index < -0.39 is 0 Å². The summed E-state index contributed by atoms with van der Waals surface area (Å²) >= 11 is 0. The van der Waals surface area contributed by atoms with Gasteiger partial charge in [0.2, 0.25) is 0 Å². The van der Waals surface area contributed by atoms with Gasteiger partial charge in [0.05, 0.1) is 0 Å². The largest absolute Gasteiger partial charge is 0.329 e. The van der Waals surface area contributed by atoms with Gasteiger partial charge in [0.15, 0.2) is 0 Å². The molecule has 0 spiro atoms. The van der Waals surface area contributed by atoms with Crippen LogP contribution in [0.2, 0.25) is 0 Å². The number of hydrogen-bond donors (Lipinski definition) is 1. The molecular weight excluding hydrogens is 162 g/mol. The van der Waals surface area contributed by atoms with E-state index in [0.717, 1.165) is 10.8 Å². The van der Waals surface area contributed by atoms with E-state index in [9.17, 15) is 4.79 Å². The predicted molar refractivity (Wildman–Crippen MR) is 55.9 cm³/mol. The van der Waals surface area contributed by atoms with Gasteiger partial charge in [-0.3, -0.25) is 4.79 Å². The minimum atomic E-state index is -0.0249. The first-order chi connectivity index (χ1) is 6.38. The monoisotopic (exact) mass is 175 g/mol. The van der Waals surface area contributed by atoms with Gasteiger partial charge in [-0.15, -0.1) is 0 Å². The molecule has 13 heavy (non-hydrogen) atoms. The summed E-state index contributed by atoms with van der Waals surface area (Å²) in [6, 6.07) is 9.40. The maximum Gasteiger partial charge on any atom is 0.255 e. The smallest absolute Gasteiger partial charge is 0.255 e. The first-order valence-electron chi connectivity index (χ1n) is 4.44. The molecule has 0 fully saturated rings. The molecule has 1 heterocycles. The molecule has 2 nitrogen and oxygen atoms in total. The van der Waals surface area contributed by atoms with Gasteiger partial charge in [0.25, 0.3) is 5.56 Å². The summed E-state index contributed by atoms with van der Waals surface area (Å²) in [5.41, 5.74) is -0.0249. The Kier molecular flexibility index (Phi) is 3.26. The van der Waals surface area contributed by atoms with Crippen LogP contribution in [0, 0.1) is 0 Å². The minimum Gasteiger partial charge on any atom is -0.329 e. The Balaban J connectivity index is 0.000000396. The fourth-order valence-electron chi connectivity index (χ4n) is 1.13. The van der Waals surface area contributed by atoms with Crippen LogP contribution in [-0.4, -0.2) is 4.98 Å². The number of pyridine rings is 1. The van der Waals surface area contributed by atoms with E-state index in [1.807, 2.05) is 44.2 Å². The second kappa shape index (κ2) is 4.45. The number of rotatable bonds is 0. The standard InChI is InChI=1S/C9H7NO.C2H6/c11-9-8-4-2-1-3-7(8)5-6-10-9;1-2/h1-6H,(H,10,11);1-2H3. The van der Waals surface area contributed by atoms with Gasteiger partial charge in [-0.25, -0.2) is 0 Å². The third-order valence-electron chi connectivity index (χ3n) is 1.68. The van der Waals surface area contributed by atoms with Crippen LogP contribution in [-0.2, 0) is 0 Å². The molecule has 0 atom stereocenters. The average molecular weight is 175 g/mol. The van der Waals surface area contributed by atoms with Gasteiger partial charge in [-0.05, 0) is 17.5 Å². The van der Waals surface area contributed by atoms with Crippen molar-refractivity contribution in [2.24, 2.45) is 0 Å². The molecule has 1 aromatic heterocycles. The molecule has 0 saturated carbocycles. The number of benzene rings is 1. The summed E-state index contributed by atoms with van der Waals surface area (Å²) in [7, 11) is 0.